The van der Waals surface area contributed by atoms with Crippen molar-refractivity contribution in [3.8, 4) is 0 Å². The highest BCUT2D eigenvalue weighted by molar-refractivity contribution is 7.07. The van der Waals surface area contributed by atoms with Crippen molar-refractivity contribution in [2.24, 2.45) is 11.7 Å². The number of hydrogen-bond acceptors (Lipinski definition) is 4. The van der Waals surface area contributed by atoms with Crippen LogP contribution < -0.4 is 5.73 Å². The third kappa shape index (κ3) is 2.90. The topological polar surface area (TPSA) is 59.2 Å². The summed E-state index contributed by atoms with van der Waals surface area (Å²) >= 11 is 1.55. The van der Waals surface area contributed by atoms with Gasteiger partial charge >= 0.3 is 0 Å². The van der Waals surface area contributed by atoms with E-state index < -0.39 is 0 Å². The Morgan fingerprint density at radius 3 is 3.06 bits per heavy atom. The summed E-state index contributed by atoms with van der Waals surface area (Å²) in [4.78, 5) is 18.4. The fourth-order valence-corrected chi connectivity index (χ4v) is 3.22. The van der Waals surface area contributed by atoms with E-state index in [0.29, 0.717) is 6.54 Å². The molecule has 0 spiro atoms. The molecule has 0 aromatic carbocycles. The number of hydrogen-bond donors (Lipinski definition) is 1. The maximum atomic E-state index is 12.5. The number of carbonyl (C=O) groups excluding carboxylic acids is 1. The predicted octanol–water partition coefficient (Wildman–Crippen LogP) is 2.01. The van der Waals surface area contributed by atoms with E-state index in [1.54, 1.807) is 21.7 Å². The van der Waals surface area contributed by atoms with E-state index in [0.717, 1.165) is 31.4 Å². The molecule has 0 bridgehead atoms. The number of rotatable bonds is 3. The van der Waals surface area contributed by atoms with Crippen LogP contribution in [0, 0.1) is 5.92 Å². The summed E-state index contributed by atoms with van der Waals surface area (Å²) in [6.45, 7) is 2.58. The molecule has 1 amide bonds. The number of aromatic nitrogens is 1. The van der Waals surface area contributed by atoms with Crippen molar-refractivity contribution in [2.75, 3.05) is 7.05 Å². The first-order chi connectivity index (χ1) is 8.50. The lowest BCUT2D eigenvalue weighted by Gasteiger charge is -2.39. The second-order valence-corrected chi connectivity index (χ2v) is 6.20. The van der Waals surface area contributed by atoms with Crippen LogP contribution in [0.3, 0.4) is 0 Å². The second kappa shape index (κ2) is 5.36. The minimum Gasteiger partial charge on any atom is -0.340 e. The van der Waals surface area contributed by atoms with Gasteiger partial charge < -0.3 is 10.6 Å². The average molecular weight is 267 g/mol. The van der Waals surface area contributed by atoms with Gasteiger partial charge in [0.2, 0.25) is 5.91 Å². The zero-order chi connectivity index (χ0) is 13.2. The molecule has 1 aromatic rings. The maximum absolute atomic E-state index is 12.5. The van der Waals surface area contributed by atoms with Crippen LogP contribution in [0.5, 0.6) is 0 Å². The van der Waals surface area contributed by atoms with E-state index in [1.165, 1.54) is 0 Å². The Morgan fingerprint density at radius 2 is 2.44 bits per heavy atom. The maximum Gasteiger partial charge on any atom is 0.227 e. The van der Waals surface area contributed by atoms with Gasteiger partial charge in [0.15, 0.2) is 0 Å². The molecule has 0 radical (unpaired) electrons. The normalized spacial score (nSPS) is 28.1. The summed E-state index contributed by atoms with van der Waals surface area (Å²) in [5.41, 5.74) is 8.66. The van der Waals surface area contributed by atoms with Crippen molar-refractivity contribution in [2.45, 2.75) is 44.7 Å². The van der Waals surface area contributed by atoms with E-state index in [2.05, 4.69) is 4.98 Å². The fourth-order valence-electron chi connectivity index (χ4n) is 2.67. The molecule has 0 aliphatic heterocycles. The van der Waals surface area contributed by atoms with Crippen LogP contribution in [-0.4, -0.2) is 28.4 Å². The van der Waals surface area contributed by atoms with Gasteiger partial charge in [0.1, 0.15) is 0 Å². The molecule has 4 nitrogen and oxygen atoms in total. The number of carbonyl (C=O) groups is 1. The first-order valence-electron chi connectivity index (χ1n) is 6.41. The molecule has 1 aliphatic rings. The molecule has 0 saturated heterocycles. The Morgan fingerprint density at radius 1 is 1.67 bits per heavy atom. The first kappa shape index (κ1) is 13.5. The van der Waals surface area contributed by atoms with E-state index in [-0.39, 0.29) is 17.4 Å². The number of nitrogens with zero attached hydrogens (tertiary/aromatic N) is 2. The van der Waals surface area contributed by atoms with Crippen molar-refractivity contribution in [3.63, 3.8) is 0 Å². The number of amides is 1. The molecule has 18 heavy (non-hydrogen) atoms. The van der Waals surface area contributed by atoms with Crippen molar-refractivity contribution in [1.29, 1.82) is 0 Å². The standard InChI is InChI=1S/C13H21N3OS/c1-13(14)6-4-3-5-11(13)12(17)16(2)7-10-8-18-9-15-10/h8-9,11H,3-7,14H2,1-2H3. The molecular formula is C13H21N3OS. The molecule has 2 unspecified atom stereocenters. The summed E-state index contributed by atoms with van der Waals surface area (Å²) in [6, 6.07) is 0. The Bertz CT molecular complexity index is 402. The Hall–Kier alpha value is -0.940. The molecule has 1 aliphatic carbocycles. The van der Waals surface area contributed by atoms with Gasteiger partial charge in [-0.25, -0.2) is 4.98 Å². The highest BCUT2D eigenvalue weighted by atomic mass is 32.1. The van der Waals surface area contributed by atoms with Gasteiger partial charge in [-0.3, -0.25) is 4.79 Å². The van der Waals surface area contributed by atoms with Gasteiger partial charge in [-0.15, -0.1) is 11.3 Å². The first-order valence-corrected chi connectivity index (χ1v) is 7.36. The van der Waals surface area contributed by atoms with Crippen LogP contribution in [0.25, 0.3) is 0 Å². The smallest absolute Gasteiger partial charge is 0.227 e. The van der Waals surface area contributed by atoms with E-state index in [9.17, 15) is 4.79 Å². The van der Waals surface area contributed by atoms with Gasteiger partial charge in [0, 0.05) is 18.0 Å². The Kier molecular flexibility index (Phi) is 4.02. The molecule has 1 heterocycles. The Labute approximate surface area is 112 Å². The molecule has 100 valence electrons. The van der Waals surface area contributed by atoms with Crippen LogP contribution in [0.4, 0.5) is 0 Å². The number of thiazole rings is 1. The lowest BCUT2D eigenvalue weighted by molar-refractivity contribution is -0.138. The lowest BCUT2D eigenvalue weighted by Crippen LogP contribution is -2.53. The van der Waals surface area contributed by atoms with Crippen LogP contribution in [0.15, 0.2) is 10.9 Å². The second-order valence-electron chi connectivity index (χ2n) is 5.48. The highest BCUT2D eigenvalue weighted by Gasteiger charge is 2.39. The quantitative estimate of drug-likeness (QED) is 0.911. The molecular weight excluding hydrogens is 246 g/mol. The van der Waals surface area contributed by atoms with E-state index in [1.807, 2.05) is 19.4 Å². The van der Waals surface area contributed by atoms with Gasteiger partial charge in [-0.1, -0.05) is 12.8 Å². The summed E-state index contributed by atoms with van der Waals surface area (Å²) < 4.78 is 0. The molecule has 5 heteroatoms. The van der Waals surface area contributed by atoms with Crippen molar-refractivity contribution in [1.82, 2.24) is 9.88 Å². The SMILES string of the molecule is CN(Cc1cscn1)C(=O)C1CCCCC1(C)N. The summed E-state index contributed by atoms with van der Waals surface area (Å²) in [5.74, 6) is 0.114. The lowest BCUT2D eigenvalue weighted by atomic mass is 9.74. The molecule has 1 aromatic heterocycles. The monoisotopic (exact) mass is 267 g/mol. The largest absolute Gasteiger partial charge is 0.340 e. The van der Waals surface area contributed by atoms with Crippen molar-refractivity contribution < 1.29 is 4.79 Å². The van der Waals surface area contributed by atoms with Gasteiger partial charge in [-0.05, 0) is 19.8 Å². The summed E-state index contributed by atoms with van der Waals surface area (Å²) in [5, 5.41) is 1.98. The summed E-state index contributed by atoms with van der Waals surface area (Å²) in [6.07, 6.45) is 4.08. The van der Waals surface area contributed by atoms with Gasteiger partial charge in [-0.2, -0.15) is 0 Å². The zero-order valence-electron chi connectivity index (χ0n) is 11.1. The molecule has 2 rings (SSSR count). The van der Waals surface area contributed by atoms with Crippen LogP contribution in [0.2, 0.25) is 0 Å². The van der Waals surface area contributed by atoms with E-state index in [4.69, 9.17) is 5.73 Å². The minimum absolute atomic E-state index is 0.0464. The molecule has 2 N–H and O–H groups in total. The minimum atomic E-state index is -0.355. The van der Waals surface area contributed by atoms with Gasteiger partial charge in [0.05, 0.1) is 23.7 Å². The van der Waals surface area contributed by atoms with Crippen molar-refractivity contribution in [3.05, 3.63) is 16.6 Å². The third-order valence-corrected chi connectivity index (χ3v) is 4.45. The van der Waals surface area contributed by atoms with E-state index >= 15 is 0 Å². The molecule has 1 saturated carbocycles. The van der Waals surface area contributed by atoms with Crippen molar-refractivity contribution >= 4 is 17.2 Å². The fraction of sp³-hybridized carbons (Fsp3) is 0.692. The summed E-state index contributed by atoms with van der Waals surface area (Å²) in [7, 11) is 1.84. The molecule has 1 fully saturated rings. The van der Waals surface area contributed by atoms with Crippen LogP contribution >= 0.6 is 11.3 Å². The van der Waals surface area contributed by atoms with Crippen LogP contribution in [-0.2, 0) is 11.3 Å². The Balaban J connectivity index is 2.01. The third-order valence-electron chi connectivity index (χ3n) is 3.81. The molecule has 2 atom stereocenters. The highest BCUT2D eigenvalue weighted by Crippen LogP contribution is 2.32. The average Bonchev–Trinajstić information content (AvgIpc) is 2.80. The van der Waals surface area contributed by atoms with Gasteiger partial charge in [0.25, 0.3) is 0 Å². The number of nitrogens with two attached hydrogens (primary N) is 1. The zero-order valence-corrected chi connectivity index (χ0v) is 11.9. The predicted molar refractivity (Wildman–Crippen MR) is 73.1 cm³/mol. The van der Waals surface area contributed by atoms with Crippen LogP contribution in [0.1, 0.15) is 38.3 Å².